The maximum absolute atomic E-state index is 9.44. The Balaban J connectivity index is 0.000000284. The summed E-state index contributed by atoms with van der Waals surface area (Å²) in [6.07, 6.45) is 11.0. The number of unbranched alkanes of at least 4 members (excludes halogenated alkanes) is 6. The lowest BCUT2D eigenvalue weighted by atomic mass is 10.00. The van der Waals surface area contributed by atoms with Gasteiger partial charge in [0.1, 0.15) is 0 Å². The molecule has 3 heteroatoms. The number of phenols is 2. The molecule has 2 aromatic rings. The fraction of sp³-hybridized carbons (Fsp3) is 0.520. The molecular weight excluding hydrogens is 346 g/mol. The Morgan fingerprint density at radius 2 is 1.25 bits per heavy atom. The maximum atomic E-state index is 9.44. The molecule has 0 aliphatic rings. The molecule has 0 atom stereocenters. The van der Waals surface area contributed by atoms with Gasteiger partial charge in [0.25, 0.3) is 0 Å². The van der Waals surface area contributed by atoms with Crippen LogP contribution in [-0.4, -0.2) is 23.3 Å². The van der Waals surface area contributed by atoms with Gasteiger partial charge in [-0.3, -0.25) is 0 Å². The van der Waals surface area contributed by atoms with Crippen molar-refractivity contribution < 1.29 is 10.2 Å². The highest BCUT2D eigenvalue weighted by Crippen LogP contribution is 2.33. The predicted octanol–water partition coefficient (Wildman–Crippen LogP) is 6.81. The minimum Gasteiger partial charge on any atom is -0.504 e. The van der Waals surface area contributed by atoms with Crippen molar-refractivity contribution >= 4 is 0 Å². The largest absolute Gasteiger partial charge is 0.504 e. The fourth-order valence-electron chi connectivity index (χ4n) is 3.09. The van der Waals surface area contributed by atoms with Gasteiger partial charge in [-0.2, -0.15) is 0 Å². The summed E-state index contributed by atoms with van der Waals surface area (Å²) in [7, 11) is 0. The summed E-state index contributed by atoms with van der Waals surface area (Å²) in [6, 6.07) is 12.9. The molecule has 2 rings (SSSR count). The van der Waals surface area contributed by atoms with Crippen LogP contribution < -0.4 is 5.32 Å². The molecule has 0 aromatic heterocycles. The van der Waals surface area contributed by atoms with Crippen molar-refractivity contribution in [2.24, 2.45) is 0 Å². The molecule has 0 aliphatic heterocycles. The summed E-state index contributed by atoms with van der Waals surface area (Å²) in [4.78, 5) is 0. The Hall–Kier alpha value is -2.00. The van der Waals surface area contributed by atoms with Crippen molar-refractivity contribution in [3.63, 3.8) is 0 Å². The molecule has 0 spiro atoms. The topological polar surface area (TPSA) is 52.5 Å². The number of nitrogens with one attached hydrogen (secondary N) is 1. The molecule has 0 aliphatic carbocycles. The molecule has 0 saturated carbocycles. The van der Waals surface area contributed by atoms with Crippen molar-refractivity contribution in [2.75, 3.05) is 13.1 Å². The van der Waals surface area contributed by atoms with Crippen LogP contribution in [0.4, 0.5) is 0 Å². The number of aromatic hydroxyl groups is 2. The Bertz CT molecular complexity index is 630. The van der Waals surface area contributed by atoms with Crippen LogP contribution >= 0.6 is 0 Å². The Morgan fingerprint density at radius 3 is 1.79 bits per heavy atom. The van der Waals surface area contributed by atoms with Gasteiger partial charge < -0.3 is 15.5 Å². The summed E-state index contributed by atoms with van der Waals surface area (Å²) in [5.41, 5.74) is 2.91. The number of rotatable bonds is 11. The van der Waals surface area contributed by atoms with Gasteiger partial charge in [-0.25, -0.2) is 0 Å². The minimum atomic E-state index is -0.0838. The highest BCUT2D eigenvalue weighted by atomic mass is 16.3. The summed E-state index contributed by atoms with van der Waals surface area (Å²) >= 11 is 0. The SMILES string of the molecule is CCCCCCNCCCCCC.Cc1cc(O)c(O)cc1-c1ccccc1. The molecule has 0 radical (unpaired) electrons. The predicted molar refractivity (Wildman–Crippen MR) is 121 cm³/mol. The zero-order chi connectivity index (χ0) is 20.6. The molecule has 156 valence electrons. The van der Waals surface area contributed by atoms with Crippen molar-refractivity contribution in [2.45, 2.75) is 72.1 Å². The summed E-state index contributed by atoms with van der Waals surface area (Å²) in [5.74, 6) is -0.161. The van der Waals surface area contributed by atoms with Gasteiger partial charge in [-0.15, -0.1) is 0 Å². The van der Waals surface area contributed by atoms with Gasteiger partial charge in [0.2, 0.25) is 0 Å². The maximum Gasteiger partial charge on any atom is 0.158 e. The lowest BCUT2D eigenvalue weighted by Gasteiger charge is -2.07. The van der Waals surface area contributed by atoms with Crippen molar-refractivity contribution in [3.05, 3.63) is 48.0 Å². The molecule has 0 amide bonds. The van der Waals surface area contributed by atoms with E-state index in [1.165, 1.54) is 64.5 Å². The first kappa shape index (κ1) is 24.0. The number of hydrogen-bond donors (Lipinski definition) is 3. The number of aryl methyl sites for hydroxylation is 1. The van der Waals surface area contributed by atoms with Gasteiger partial charge >= 0.3 is 0 Å². The van der Waals surface area contributed by atoms with Gasteiger partial charge in [-0.1, -0.05) is 82.7 Å². The number of benzene rings is 2. The summed E-state index contributed by atoms with van der Waals surface area (Å²) in [5, 5.41) is 22.3. The van der Waals surface area contributed by atoms with Crippen LogP contribution in [0.1, 0.15) is 70.8 Å². The number of hydrogen-bond acceptors (Lipinski definition) is 3. The third kappa shape index (κ3) is 9.80. The standard InChI is InChI=1S/C13H12O2.C12H27N/c1-9-7-12(14)13(15)8-11(9)10-5-3-2-4-6-10;1-3-5-7-9-11-13-12-10-8-6-4-2/h2-8,14-15H,1H3;13H,3-12H2,1-2H3. The van der Waals surface area contributed by atoms with Crippen LogP contribution in [0.15, 0.2) is 42.5 Å². The van der Waals surface area contributed by atoms with E-state index in [4.69, 9.17) is 0 Å². The van der Waals surface area contributed by atoms with E-state index in [0.29, 0.717) is 0 Å². The molecule has 0 unspecified atom stereocenters. The van der Waals surface area contributed by atoms with Crippen molar-refractivity contribution in [3.8, 4) is 22.6 Å². The van der Waals surface area contributed by atoms with Gasteiger partial charge in [0, 0.05) is 0 Å². The third-order valence-corrected chi connectivity index (χ3v) is 4.82. The fourth-order valence-corrected chi connectivity index (χ4v) is 3.09. The van der Waals surface area contributed by atoms with Crippen LogP contribution in [0.2, 0.25) is 0 Å². The smallest absolute Gasteiger partial charge is 0.158 e. The molecule has 28 heavy (non-hydrogen) atoms. The first-order chi connectivity index (χ1) is 13.6. The van der Waals surface area contributed by atoms with E-state index in [9.17, 15) is 10.2 Å². The zero-order valence-electron chi connectivity index (χ0n) is 18.0. The van der Waals surface area contributed by atoms with Gasteiger partial charge in [-0.05, 0) is 61.7 Å². The minimum absolute atomic E-state index is 0.0767. The van der Waals surface area contributed by atoms with Crippen LogP contribution in [0.5, 0.6) is 11.5 Å². The lowest BCUT2D eigenvalue weighted by Crippen LogP contribution is -2.16. The van der Waals surface area contributed by atoms with E-state index in [2.05, 4.69) is 19.2 Å². The molecule has 0 saturated heterocycles. The monoisotopic (exact) mass is 385 g/mol. The van der Waals surface area contributed by atoms with E-state index in [0.717, 1.165) is 16.7 Å². The van der Waals surface area contributed by atoms with E-state index in [-0.39, 0.29) is 11.5 Å². The molecular formula is C25H39NO2. The average molecular weight is 386 g/mol. The molecule has 0 fully saturated rings. The second-order valence-electron chi connectivity index (χ2n) is 7.39. The summed E-state index contributed by atoms with van der Waals surface area (Å²) in [6.45, 7) is 8.89. The lowest BCUT2D eigenvalue weighted by molar-refractivity contribution is 0.403. The molecule has 0 heterocycles. The van der Waals surface area contributed by atoms with Crippen LogP contribution in [0.25, 0.3) is 11.1 Å². The van der Waals surface area contributed by atoms with E-state index < -0.39 is 0 Å². The highest BCUT2D eigenvalue weighted by Gasteiger charge is 2.06. The Labute approximate surface area is 171 Å². The second kappa shape index (κ2) is 15.0. The van der Waals surface area contributed by atoms with Crippen LogP contribution in [-0.2, 0) is 0 Å². The van der Waals surface area contributed by atoms with Gasteiger partial charge in [0.05, 0.1) is 0 Å². The first-order valence-electron chi connectivity index (χ1n) is 10.9. The van der Waals surface area contributed by atoms with Crippen molar-refractivity contribution in [1.29, 1.82) is 0 Å². The average Bonchev–Trinajstić information content (AvgIpc) is 2.71. The normalized spacial score (nSPS) is 10.4. The zero-order valence-corrected chi connectivity index (χ0v) is 18.0. The van der Waals surface area contributed by atoms with Gasteiger partial charge in [0.15, 0.2) is 11.5 Å². The van der Waals surface area contributed by atoms with E-state index in [1.54, 1.807) is 12.1 Å². The Morgan fingerprint density at radius 1 is 0.714 bits per heavy atom. The van der Waals surface area contributed by atoms with E-state index in [1.807, 2.05) is 37.3 Å². The molecule has 0 bridgehead atoms. The molecule has 2 aromatic carbocycles. The highest BCUT2D eigenvalue weighted by molar-refractivity contribution is 5.70. The third-order valence-electron chi connectivity index (χ3n) is 4.82. The molecule has 3 N–H and O–H groups in total. The van der Waals surface area contributed by atoms with Crippen molar-refractivity contribution in [1.82, 2.24) is 5.32 Å². The molecule has 3 nitrogen and oxygen atoms in total. The number of phenolic OH excluding ortho intramolecular Hbond substituents is 2. The summed E-state index contributed by atoms with van der Waals surface area (Å²) < 4.78 is 0. The first-order valence-corrected chi connectivity index (χ1v) is 10.9. The van der Waals surface area contributed by atoms with Crippen LogP contribution in [0.3, 0.4) is 0 Å². The quantitative estimate of drug-likeness (QED) is 0.294. The van der Waals surface area contributed by atoms with E-state index >= 15 is 0 Å². The second-order valence-corrected chi connectivity index (χ2v) is 7.39. The Kier molecular flexibility index (Phi) is 12.9. The van der Waals surface area contributed by atoms with Crippen LogP contribution in [0, 0.1) is 6.92 Å².